The van der Waals surface area contributed by atoms with Crippen LogP contribution in [-0.4, -0.2) is 41.7 Å². The van der Waals surface area contributed by atoms with Crippen molar-refractivity contribution in [2.75, 3.05) is 12.4 Å². The van der Waals surface area contributed by atoms with Gasteiger partial charge < -0.3 is 15.4 Å². The topological polar surface area (TPSA) is 67.4 Å². The van der Waals surface area contributed by atoms with Crippen molar-refractivity contribution in [2.24, 2.45) is 0 Å². The van der Waals surface area contributed by atoms with Crippen LogP contribution in [0.1, 0.15) is 44.9 Å². The van der Waals surface area contributed by atoms with Crippen molar-refractivity contribution in [2.45, 2.75) is 63.1 Å². The SMILES string of the molecule is O=C1/C=C(/[C@@H]2CSC(=O)N2)CC/C=C\CCCC2CC(CCO2)N1. The fourth-order valence-corrected chi connectivity index (χ4v) is 4.35. The summed E-state index contributed by atoms with van der Waals surface area (Å²) in [7, 11) is 0. The summed E-state index contributed by atoms with van der Waals surface area (Å²) < 4.78 is 5.82. The molecule has 2 fully saturated rings. The lowest BCUT2D eigenvalue weighted by atomic mass is 9.97. The highest BCUT2D eigenvalue weighted by molar-refractivity contribution is 8.14. The van der Waals surface area contributed by atoms with E-state index in [9.17, 15) is 9.59 Å². The van der Waals surface area contributed by atoms with E-state index in [1.54, 1.807) is 6.08 Å². The monoisotopic (exact) mass is 350 g/mol. The summed E-state index contributed by atoms with van der Waals surface area (Å²) in [6.07, 6.45) is 13.1. The molecular formula is C18H26N2O3S. The zero-order chi connectivity index (χ0) is 16.8. The molecule has 2 unspecified atom stereocenters. The lowest BCUT2D eigenvalue weighted by molar-refractivity contribution is -0.118. The van der Waals surface area contributed by atoms with Gasteiger partial charge in [0.05, 0.1) is 12.1 Å². The highest BCUT2D eigenvalue weighted by Gasteiger charge is 2.26. The van der Waals surface area contributed by atoms with E-state index in [2.05, 4.69) is 22.8 Å². The molecule has 3 atom stereocenters. The molecule has 0 saturated carbocycles. The van der Waals surface area contributed by atoms with Gasteiger partial charge in [-0.15, -0.1) is 0 Å². The Morgan fingerprint density at radius 3 is 2.83 bits per heavy atom. The van der Waals surface area contributed by atoms with Crippen LogP contribution in [0.2, 0.25) is 0 Å². The van der Waals surface area contributed by atoms with Gasteiger partial charge in [-0.3, -0.25) is 9.59 Å². The van der Waals surface area contributed by atoms with Crippen molar-refractivity contribution in [1.82, 2.24) is 10.6 Å². The van der Waals surface area contributed by atoms with E-state index in [1.807, 2.05) is 0 Å². The van der Waals surface area contributed by atoms with Crippen LogP contribution in [0, 0.1) is 0 Å². The third-order valence-corrected chi connectivity index (χ3v) is 5.69. The number of thioether (sulfide) groups is 1. The number of allylic oxidation sites excluding steroid dienone is 2. The Hall–Kier alpha value is -1.27. The van der Waals surface area contributed by atoms with Crippen molar-refractivity contribution >= 4 is 22.9 Å². The smallest absolute Gasteiger partial charge is 0.279 e. The number of ether oxygens (including phenoxy) is 1. The van der Waals surface area contributed by atoms with Crippen LogP contribution in [0.3, 0.4) is 0 Å². The first-order chi connectivity index (χ1) is 11.7. The van der Waals surface area contributed by atoms with Gasteiger partial charge in [0, 0.05) is 24.5 Å². The summed E-state index contributed by atoms with van der Waals surface area (Å²) in [6, 6.07) is 0.178. The van der Waals surface area contributed by atoms with Gasteiger partial charge in [-0.1, -0.05) is 23.9 Å². The highest BCUT2D eigenvalue weighted by Crippen LogP contribution is 2.23. The highest BCUT2D eigenvalue weighted by atomic mass is 32.2. The fourth-order valence-electron chi connectivity index (χ4n) is 3.50. The van der Waals surface area contributed by atoms with E-state index in [0.29, 0.717) is 5.75 Å². The Morgan fingerprint density at radius 1 is 1.12 bits per heavy atom. The number of rotatable bonds is 1. The summed E-state index contributed by atoms with van der Waals surface area (Å²) in [5.41, 5.74) is 1.02. The first-order valence-electron chi connectivity index (χ1n) is 8.91. The second-order valence-electron chi connectivity index (χ2n) is 6.68. The maximum absolute atomic E-state index is 12.4. The predicted octanol–water partition coefficient (Wildman–Crippen LogP) is 2.92. The minimum atomic E-state index is -0.0390. The first-order valence-corrected chi connectivity index (χ1v) is 9.90. The van der Waals surface area contributed by atoms with Crippen LogP contribution in [0.4, 0.5) is 4.79 Å². The zero-order valence-electron chi connectivity index (χ0n) is 14.0. The van der Waals surface area contributed by atoms with E-state index in [0.717, 1.165) is 57.1 Å². The molecule has 3 aliphatic rings. The predicted molar refractivity (Wildman–Crippen MR) is 96.0 cm³/mol. The molecule has 6 heteroatoms. The second-order valence-corrected chi connectivity index (χ2v) is 7.67. The molecule has 0 aromatic rings. The standard InChI is InChI=1S/C18H26N2O3S/c21-17-10-13(16-12-24-18(22)20-16)6-4-2-1-3-5-7-15-11-14(19-17)8-9-23-15/h1-2,10,14-16H,3-9,11-12H2,(H,19,21)(H,20,22)/b2-1-,13-10+/t14?,15?,16-/m0/s1. The van der Waals surface area contributed by atoms with E-state index in [1.165, 1.54) is 11.8 Å². The molecule has 0 aromatic heterocycles. The molecule has 0 radical (unpaired) electrons. The molecule has 3 aliphatic heterocycles. The third kappa shape index (κ3) is 5.11. The number of amides is 2. The molecule has 2 amide bonds. The molecule has 0 aliphatic carbocycles. The summed E-state index contributed by atoms with van der Waals surface area (Å²) in [4.78, 5) is 23.9. The minimum Gasteiger partial charge on any atom is -0.378 e. The van der Waals surface area contributed by atoms with Crippen LogP contribution < -0.4 is 10.6 Å². The summed E-state index contributed by atoms with van der Waals surface area (Å²) >= 11 is 1.29. The average molecular weight is 350 g/mol. The Labute approximate surface area is 147 Å². The number of fused-ring (bicyclic) bond motifs is 2. The summed E-state index contributed by atoms with van der Waals surface area (Å²) in [6.45, 7) is 0.720. The number of nitrogens with one attached hydrogen (secondary N) is 2. The molecule has 3 rings (SSSR count). The van der Waals surface area contributed by atoms with Gasteiger partial charge in [0.1, 0.15) is 0 Å². The molecule has 5 nitrogen and oxygen atoms in total. The Morgan fingerprint density at radius 2 is 2.00 bits per heavy atom. The van der Waals surface area contributed by atoms with Crippen LogP contribution in [-0.2, 0) is 9.53 Å². The Bertz CT molecular complexity index is 532. The number of hydrogen-bond donors (Lipinski definition) is 2. The Kier molecular flexibility index (Phi) is 6.37. The van der Waals surface area contributed by atoms with Crippen LogP contribution in [0.25, 0.3) is 0 Å². The van der Waals surface area contributed by atoms with Gasteiger partial charge in [0.15, 0.2) is 0 Å². The van der Waals surface area contributed by atoms with Gasteiger partial charge in [-0.05, 0) is 50.5 Å². The van der Waals surface area contributed by atoms with Gasteiger partial charge >= 0.3 is 0 Å². The van der Waals surface area contributed by atoms with Crippen molar-refractivity contribution < 1.29 is 14.3 Å². The molecule has 2 saturated heterocycles. The second kappa shape index (κ2) is 8.72. The molecule has 132 valence electrons. The summed E-state index contributed by atoms with van der Waals surface area (Å²) in [5.74, 6) is 0.670. The average Bonchev–Trinajstić information content (AvgIpc) is 2.99. The fraction of sp³-hybridized carbons (Fsp3) is 0.667. The van der Waals surface area contributed by atoms with Crippen LogP contribution in [0.5, 0.6) is 0 Å². The zero-order valence-corrected chi connectivity index (χ0v) is 14.8. The van der Waals surface area contributed by atoms with Crippen LogP contribution >= 0.6 is 11.8 Å². The quantitative estimate of drug-likeness (QED) is 0.714. The van der Waals surface area contributed by atoms with Crippen molar-refractivity contribution in [3.05, 3.63) is 23.8 Å². The van der Waals surface area contributed by atoms with E-state index in [-0.39, 0.29) is 29.3 Å². The minimum absolute atomic E-state index is 0.00326. The summed E-state index contributed by atoms with van der Waals surface area (Å²) in [5, 5.41) is 6.09. The lowest BCUT2D eigenvalue weighted by Crippen LogP contribution is -2.42. The molecule has 2 bridgehead atoms. The Balaban J connectivity index is 1.71. The normalized spacial score (nSPS) is 36.0. The van der Waals surface area contributed by atoms with E-state index >= 15 is 0 Å². The van der Waals surface area contributed by atoms with E-state index < -0.39 is 0 Å². The van der Waals surface area contributed by atoms with Gasteiger partial charge in [0.25, 0.3) is 5.24 Å². The van der Waals surface area contributed by atoms with Gasteiger partial charge in [-0.2, -0.15) is 0 Å². The van der Waals surface area contributed by atoms with Crippen LogP contribution in [0.15, 0.2) is 23.8 Å². The number of carbonyl (C=O) groups excluding carboxylic acids is 2. The van der Waals surface area contributed by atoms with Gasteiger partial charge in [0.2, 0.25) is 5.91 Å². The first kappa shape index (κ1) is 17.5. The maximum Gasteiger partial charge on any atom is 0.279 e. The number of carbonyl (C=O) groups is 2. The molecule has 2 N–H and O–H groups in total. The van der Waals surface area contributed by atoms with E-state index in [4.69, 9.17) is 4.74 Å². The molecule has 24 heavy (non-hydrogen) atoms. The van der Waals surface area contributed by atoms with Crippen molar-refractivity contribution in [3.8, 4) is 0 Å². The van der Waals surface area contributed by atoms with Gasteiger partial charge in [-0.25, -0.2) is 0 Å². The molecule has 3 heterocycles. The van der Waals surface area contributed by atoms with Crippen molar-refractivity contribution in [1.29, 1.82) is 0 Å². The molecule has 0 spiro atoms. The third-order valence-electron chi connectivity index (χ3n) is 4.81. The maximum atomic E-state index is 12.4. The number of hydrogen-bond acceptors (Lipinski definition) is 4. The lowest BCUT2D eigenvalue weighted by Gasteiger charge is -2.30. The molecular weight excluding hydrogens is 324 g/mol. The van der Waals surface area contributed by atoms with Crippen molar-refractivity contribution in [3.63, 3.8) is 0 Å². The largest absolute Gasteiger partial charge is 0.378 e. The molecule has 0 aromatic carbocycles.